The Morgan fingerprint density at radius 2 is 2.08 bits per heavy atom. The maximum absolute atomic E-state index is 12.1. The molecule has 0 aromatic carbocycles. The lowest BCUT2D eigenvalue weighted by atomic mass is 10.0. The summed E-state index contributed by atoms with van der Waals surface area (Å²) in [5.41, 5.74) is 0.123. The van der Waals surface area contributed by atoms with Crippen LogP contribution in [-0.4, -0.2) is 30.7 Å². The molecular formula is C9H17F2NO. The van der Waals surface area contributed by atoms with Crippen LogP contribution in [0.3, 0.4) is 0 Å². The van der Waals surface area contributed by atoms with Crippen molar-refractivity contribution in [2.24, 2.45) is 5.41 Å². The van der Waals surface area contributed by atoms with Gasteiger partial charge in [-0.3, -0.25) is 0 Å². The first-order valence-electron chi connectivity index (χ1n) is 4.72. The van der Waals surface area contributed by atoms with Gasteiger partial charge in [-0.2, -0.15) is 0 Å². The fourth-order valence-electron chi connectivity index (χ4n) is 1.40. The molecule has 0 aromatic heterocycles. The maximum atomic E-state index is 12.1. The van der Waals surface area contributed by atoms with Crippen molar-refractivity contribution >= 4 is 0 Å². The number of hydrogen-bond acceptors (Lipinski definition) is 2. The van der Waals surface area contributed by atoms with E-state index >= 15 is 0 Å². The Bertz CT molecular complexity index is 160. The molecular weight excluding hydrogens is 176 g/mol. The molecule has 2 N–H and O–H groups in total. The first-order chi connectivity index (χ1) is 6.09. The Hall–Kier alpha value is -0.220. The molecule has 4 heteroatoms. The molecule has 0 amide bonds. The van der Waals surface area contributed by atoms with Gasteiger partial charge in [0.2, 0.25) is 0 Å². The third-order valence-electron chi connectivity index (χ3n) is 2.78. The predicted octanol–water partition coefficient (Wildman–Crippen LogP) is 1.39. The van der Waals surface area contributed by atoms with E-state index in [-0.39, 0.29) is 12.0 Å². The highest BCUT2D eigenvalue weighted by Gasteiger charge is 2.41. The minimum Gasteiger partial charge on any atom is -0.396 e. The van der Waals surface area contributed by atoms with E-state index in [0.717, 1.165) is 19.3 Å². The molecule has 13 heavy (non-hydrogen) atoms. The number of alkyl halides is 2. The van der Waals surface area contributed by atoms with Gasteiger partial charge in [0.1, 0.15) is 0 Å². The number of aliphatic hydroxyl groups is 1. The van der Waals surface area contributed by atoms with Gasteiger partial charge in [0, 0.05) is 13.2 Å². The highest BCUT2D eigenvalue weighted by atomic mass is 19.3. The fraction of sp³-hybridized carbons (Fsp3) is 1.00. The molecule has 78 valence electrons. The van der Waals surface area contributed by atoms with E-state index in [0.29, 0.717) is 6.54 Å². The molecule has 0 saturated heterocycles. The Morgan fingerprint density at radius 1 is 1.46 bits per heavy atom. The molecule has 1 aliphatic carbocycles. The van der Waals surface area contributed by atoms with Gasteiger partial charge in [0.15, 0.2) is 0 Å². The zero-order valence-corrected chi connectivity index (χ0v) is 7.89. The predicted molar refractivity (Wildman–Crippen MR) is 46.8 cm³/mol. The lowest BCUT2D eigenvalue weighted by Crippen LogP contribution is -2.37. The number of aliphatic hydroxyl groups excluding tert-OH is 1. The van der Waals surface area contributed by atoms with Crippen LogP contribution in [0.15, 0.2) is 0 Å². The van der Waals surface area contributed by atoms with Gasteiger partial charge in [-0.1, -0.05) is 0 Å². The van der Waals surface area contributed by atoms with Gasteiger partial charge < -0.3 is 10.4 Å². The zero-order valence-electron chi connectivity index (χ0n) is 7.89. The van der Waals surface area contributed by atoms with Crippen LogP contribution in [0.2, 0.25) is 0 Å². The van der Waals surface area contributed by atoms with Crippen LogP contribution in [0.4, 0.5) is 8.78 Å². The highest BCUT2D eigenvalue weighted by Crippen LogP contribution is 2.47. The molecule has 0 radical (unpaired) electrons. The largest absolute Gasteiger partial charge is 0.396 e. The van der Waals surface area contributed by atoms with Crippen LogP contribution >= 0.6 is 0 Å². The molecule has 1 rings (SSSR count). The zero-order chi connectivity index (χ0) is 9.90. The summed E-state index contributed by atoms with van der Waals surface area (Å²) in [5, 5.41) is 11.5. The molecule has 0 bridgehead atoms. The van der Waals surface area contributed by atoms with Gasteiger partial charge in [-0.05, 0) is 31.6 Å². The van der Waals surface area contributed by atoms with Gasteiger partial charge in [0.25, 0.3) is 6.43 Å². The molecule has 1 atom stereocenters. The van der Waals surface area contributed by atoms with Crippen molar-refractivity contribution in [2.75, 3.05) is 13.2 Å². The summed E-state index contributed by atoms with van der Waals surface area (Å²) >= 11 is 0. The second kappa shape index (κ2) is 4.33. The second-order valence-electron chi connectivity index (χ2n) is 3.98. The van der Waals surface area contributed by atoms with Crippen LogP contribution in [0.5, 0.6) is 0 Å². The summed E-state index contributed by atoms with van der Waals surface area (Å²) in [4.78, 5) is 0. The fourth-order valence-corrected chi connectivity index (χ4v) is 1.40. The standard InChI is InChI=1S/C9H17F2NO/c1-7(8(10)11)12-6-9(2-3-9)4-5-13/h7-8,12-13H,2-6H2,1H3. The van der Waals surface area contributed by atoms with Gasteiger partial charge in [0.05, 0.1) is 6.04 Å². The number of hydrogen-bond donors (Lipinski definition) is 2. The molecule has 1 unspecified atom stereocenters. The van der Waals surface area contributed by atoms with Gasteiger partial charge in [-0.15, -0.1) is 0 Å². The Balaban J connectivity index is 2.18. The normalized spacial score (nSPS) is 21.9. The minimum atomic E-state index is -2.30. The van der Waals surface area contributed by atoms with Crippen LogP contribution in [0, 0.1) is 5.41 Å². The van der Waals surface area contributed by atoms with Crippen LogP contribution in [0.1, 0.15) is 26.2 Å². The van der Waals surface area contributed by atoms with Crippen molar-refractivity contribution in [3.63, 3.8) is 0 Å². The van der Waals surface area contributed by atoms with E-state index in [9.17, 15) is 8.78 Å². The molecule has 1 fully saturated rings. The van der Waals surface area contributed by atoms with Crippen molar-refractivity contribution in [1.29, 1.82) is 0 Å². The Kier molecular flexibility index (Phi) is 3.62. The number of nitrogens with one attached hydrogen (secondary N) is 1. The molecule has 0 spiro atoms. The summed E-state index contributed by atoms with van der Waals surface area (Å²) < 4.78 is 24.2. The van der Waals surface area contributed by atoms with Crippen molar-refractivity contribution in [1.82, 2.24) is 5.32 Å². The van der Waals surface area contributed by atoms with E-state index in [2.05, 4.69) is 5.32 Å². The van der Waals surface area contributed by atoms with E-state index in [1.54, 1.807) is 0 Å². The Labute approximate surface area is 77.3 Å². The average Bonchev–Trinajstić information content (AvgIpc) is 2.82. The highest BCUT2D eigenvalue weighted by molar-refractivity contribution is 4.95. The van der Waals surface area contributed by atoms with E-state index in [4.69, 9.17) is 5.11 Å². The maximum Gasteiger partial charge on any atom is 0.253 e. The third-order valence-corrected chi connectivity index (χ3v) is 2.78. The van der Waals surface area contributed by atoms with Crippen LogP contribution in [-0.2, 0) is 0 Å². The quantitative estimate of drug-likeness (QED) is 0.668. The number of halogens is 2. The summed E-state index contributed by atoms with van der Waals surface area (Å²) in [7, 11) is 0. The SMILES string of the molecule is CC(NCC1(CCO)CC1)C(F)F. The second-order valence-corrected chi connectivity index (χ2v) is 3.98. The van der Waals surface area contributed by atoms with Crippen LogP contribution < -0.4 is 5.32 Å². The van der Waals surface area contributed by atoms with Gasteiger partial charge in [-0.25, -0.2) is 8.78 Å². The lowest BCUT2D eigenvalue weighted by Gasteiger charge is -2.18. The first kappa shape index (κ1) is 10.9. The summed E-state index contributed by atoms with van der Waals surface area (Å²) in [5.74, 6) is 0. The van der Waals surface area contributed by atoms with E-state index in [1.165, 1.54) is 6.92 Å². The van der Waals surface area contributed by atoms with Gasteiger partial charge >= 0.3 is 0 Å². The summed E-state index contributed by atoms with van der Waals surface area (Å²) in [6, 6.07) is -0.740. The van der Waals surface area contributed by atoms with Crippen molar-refractivity contribution in [3.8, 4) is 0 Å². The third kappa shape index (κ3) is 3.19. The smallest absolute Gasteiger partial charge is 0.253 e. The van der Waals surface area contributed by atoms with E-state index < -0.39 is 12.5 Å². The molecule has 0 aliphatic heterocycles. The molecule has 1 saturated carbocycles. The monoisotopic (exact) mass is 193 g/mol. The average molecular weight is 193 g/mol. The van der Waals surface area contributed by atoms with Crippen molar-refractivity contribution < 1.29 is 13.9 Å². The molecule has 2 nitrogen and oxygen atoms in total. The minimum absolute atomic E-state index is 0.123. The first-order valence-corrected chi connectivity index (χ1v) is 4.72. The molecule has 0 heterocycles. The van der Waals surface area contributed by atoms with Crippen LogP contribution in [0.25, 0.3) is 0 Å². The topological polar surface area (TPSA) is 32.3 Å². The van der Waals surface area contributed by atoms with Crippen molar-refractivity contribution in [3.05, 3.63) is 0 Å². The lowest BCUT2D eigenvalue weighted by molar-refractivity contribution is 0.102. The van der Waals surface area contributed by atoms with Crippen molar-refractivity contribution in [2.45, 2.75) is 38.7 Å². The Morgan fingerprint density at radius 3 is 2.46 bits per heavy atom. The summed E-state index contributed by atoms with van der Waals surface area (Å²) in [6.07, 6.45) is 0.535. The molecule has 1 aliphatic rings. The van der Waals surface area contributed by atoms with E-state index in [1.807, 2.05) is 0 Å². The summed E-state index contributed by atoms with van der Waals surface area (Å²) in [6.45, 7) is 2.25. The molecule has 0 aromatic rings. The number of rotatable bonds is 6.